The highest BCUT2D eigenvalue weighted by molar-refractivity contribution is 5.79. The molecule has 0 saturated carbocycles. The molecule has 1 rings (SSSR count). The number of likely N-dealkylation sites (tertiary alicyclic amines) is 1. The molecule has 0 aromatic heterocycles. The predicted molar refractivity (Wildman–Crippen MR) is 88.3 cm³/mol. The number of unbranched alkanes of at least 4 members (excludes halogenated alkanes) is 1. The molecule has 4 nitrogen and oxygen atoms in total. The van der Waals surface area contributed by atoms with Gasteiger partial charge in [-0.25, -0.2) is 0 Å². The number of nitrogens with zero attached hydrogens (tertiary/aromatic N) is 2. The third-order valence-corrected chi connectivity index (χ3v) is 3.79. The van der Waals surface area contributed by atoms with Crippen molar-refractivity contribution in [1.82, 2.24) is 15.5 Å². The molecule has 0 radical (unpaired) electrons. The maximum atomic E-state index is 4.22. The van der Waals surface area contributed by atoms with Gasteiger partial charge in [0.05, 0.1) is 0 Å². The number of hydrogen-bond acceptors (Lipinski definition) is 2. The summed E-state index contributed by atoms with van der Waals surface area (Å²) in [5.41, 5.74) is 0. The van der Waals surface area contributed by atoms with E-state index in [4.69, 9.17) is 0 Å². The van der Waals surface area contributed by atoms with Crippen molar-refractivity contribution in [2.24, 2.45) is 16.8 Å². The zero-order valence-corrected chi connectivity index (χ0v) is 14.1. The average molecular weight is 282 g/mol. The van der Waals surface area contributed by atoms with Crippen LogP contribution in [-0.2, 0) is 0 Å². The lowest BCUT2D eigenvalue weighted by atomic mass is 9.92. The Labute approximate surface area is 125 Å². The van der Waals surface area contributed by atoms with Crippen molar-refractivity contribution in [3.05, 3.63) is 0 Å². The van der Waals surface area contributed by atoms with Crippen LogP contribution in [0.3, 0.4) is 0 Å². The number of hydrogen-bond donors (Lipinski definition) is 2. The predicted octanol–water partition coefficient (Wildman–Crippen LogP) is 2.32. The van der Waals surface area contributed by atoms with E-state index in [0.29, 0.717) is 6.04 Å². The number of nitrogens with one attached hydrogen (secondary N) is 2. The van der Waals surface area contributed by atoms with Crippen molar-refractivity contribution in [3.63, 3.8) is 0 Å². The fourth-order valence-corrected chi connectivity index (χ4v) is 3.11. The molecule has 20 heavy (non-hydrogen) atoms. The average Bonchev–Trinajstić information content (AvgIpc) is 2.35. The lowest BCUT2D eigenvalue weighted by molar-refractivity contribution is 0.139. The van der Waals surface area contributed by atoms with Crippen LogP contribution in [0.4, 0.5) is 0 Å². The van der Waals surface area contributed by atoms with E-state index in [9.17, 15) is 0 Å². The molecule has 1 heterocycles. The van der Waals surface area contributed by atoms with Gasteiger partial charge in [0, 0.05) is 32.7 Å². The van der Waals surface area contributed by atoms with Crippen molar-refractivity contribution < 1.29 is 0 Å². The molecular formula is C16H34N4. The summed E-state index contributed by atoms with van der Waals surface area (Å²) in [5.74, 6) is 2.65. The highest BCUT2D eigenvalue weighted by Crippen LogP contribution is 2.20. The molecule has 1 aliphatic rings. The van der Waals surface area contributed by atoms with E-state index in [1.807, 2.05) is 7.05 Å². The molecule has 1 saturated heterocycles. The Bertz CT molecular complexity index is 278. The molecule has 1 aliphatic heterocycles. The fraction of sp³-hybridized carbons (Fsp3) is 0.938. The monoisotopic (exact) mass is 282 g/mol. The van der Waals surface area contributed by atoms with E-state index in [2.05, 4.69) is 48.2 Å². The number of aliphatic imine (C=N–C) groups is 1. The van der Waals surface area contributed by atoms with Crippen molar-refractivity contribution in [2.75, 3.05) is 33.2 Å². The molecule has 2 N–H and O–H groups in total. The topological polar surface area (TPSA) is 39.7 Å². The van der Waals surface area contributed by atoms with Gasteiger partial charge in [0.1, 0.15) is 0 Å². The van der Waals surface area contributed by atoms with Gasteiger partial charge in [-0.15, -0.1) is 0 Å². The standard InChI is InChI=1S/C16H34N4/c1-13(2)19-16(17-5)18-8-6-7-9-20-11-14(3)10-15(4)12-20/h13-15H,6-12H2,1-5H3,(H2,17,18,19). The van der Waals surface area contributed by atoms with Crippen LogP contribution < -0.4 is 10.6 Å². The van der Waals surface area contributed by atoms with E-state index in [1.165, 1.54) is 38.9 Å². The Hall–Kier alpha value is -0.770. The molecule has 2 unspecified atom stereocenters. The van der Waals surface area contributed by atoms with Gasteiger partial charge < -0.3 is 15.5 Å². The first kappa shape index (κ1) is 17.3. The second kappa shape index (κ2) is 9.22. The Morgan fingerprint density at radius 2 is 1.85 bits per heavy atom. The minimum atomic E-state index is 0.428. The quantitative estimate of drug-likeness (QED) is 0.446. The first-order valence-corrected chi connectivity index (χ1v) is 8.20. The lowest BCUT2D eigenvalue weighted by Gasteiger charge is -2.34. The van der Waals surface area contributed by atoms with Gasteiger partial charge in [0.2, 0.25) is 0 Å². The van der Waals surface area contributed by atoms with Gasteiger partial charge in [-0.1, -0.05) is 13.8 Å². The van der Waals surface area contributed by atoms with Crippen LogP contribution in [0.5, 0.6) is 0 Å². The molecular weight excluding hydrogens is 248 g/mol. The molecule has 0 spiro atoms. The molecule has 4 heteroatoms. The summed E-state index contributed by atoms with van der Waals surface area (Å²) in [6.45, 7) is 13.8. The minimum Gasteiger partial charge on any atom is -0.356 e. The summed E-state index contributed by atoms with van der Waals surface area (Å²) in [5, 5.41) is 6.69. The van der Waals surface area contributed by atoms with Crippen LogP contribution in [0.2, 0.25) is 0 Å². The summed E-state index contributed by atoms with van der Waals surface area (Å²) in [7, 11) is 1.83. The molecule has 118 valence electrons. The van der Waals surface area contributed by atoms with E-state index in [-0.39, 0.29) is 0 Å². The van der Waals surface area contributed by atoms with Crippen LogP contribution in [0, 0.1) is 11.8 Å². The van der Waals surface area contributed by atoms with E-state index < -0.39 is 0 Å². The third kappa shape index (κ3) is 7.13. The normalized spacial score (nSPS) is 25.0. The molecule has 0 amide bonds. The van der Waals surface area contributed by atoms with Crippen LogP contribution in [0.1, 0.15) is 47.0 Å². The zero-order chi connectivity index (χ0) is 15.0. The largest absolute Gasteiger partial charge is 0.356 e. The summed E-state index contributed by atoms with van der Waals surface area (Å²) < 4.78 is 0. The molecule has 0 aromatic rings. The Balaban J connectivity index is 2.09. The van der Waals surface area contributed by atoms with E-state index in [0.717, 1.165) is 24.3 Å². The van der Waals surface area contributed by atoms with Crippen molar-refractivity contribution in [2.45, 2.75) is 53.0 Å². The van der Waals surface area contributed by atoms with Gasteiger partial charge in [-0.2, -0.15) is 0 Å². The summed E-state index contributed by atoms with van der Waals surface area (Å²) in [6, 6.07) is 0.428. The summed E-state index contributed by atoms with van der Waals surface area (Å²) in [4.78, 5) is 6.86. The smallest absolute Gasteiger partial charge is 0.191 e. The number of rotatable bonds is 6. The molecule has 1 fully saturated rings. The first-order valence-electron chi connectivity index (χ1n) is 8.20. The van der Waals surface area contributed by atoms with Gasteiger partial charge >= 0.3 is 0 Å². The minimum absolute atomic E-state index is 0.428. The number of piperidine rings is 1. The second-order valence-corrected chi connectivity index (χ2v) is 6.71. The second-order valence-electron chi connectivity index (χ2n) is 6.71. The number of guanidine groups is 1. The molecule has 0 bridgehead atoms. The zero-order valence-electron chi connectivity index (χ0n) is 14.1. The van der Waals surface area contributed by atoms with Crippen LogP contribution in [0.15, 0.2) is 4.99 Å². The maximum absolute atomic E-state index is 4.22. The van der Waals surface area contributed by atoms with Crippen molar-refractivity contribution in [3.8, 4) is 0 Å². The lowest BCUT2D eigenvalue weighted by Crippen LogP contribution is -2.42. The summed E-state index contributed by atoms with van der Waals surface area (Å²) >= 11 is 0. The van der Waals surface area contributed by atoms with E-state index in [1.54, 1.807) is 0 Å². The van der Waals surface area contributed by atoms with Gasteiger partial charge in [-0.3, -0.25) is 4.99 Å². The van der Waals surface area contributed by atoms with Crippen LogP contribution in [-0.4, -0.2) is 50.1 Å². The molecule has 2 atom stereocenters. The van der Waals surface area contributed by atoms with Crippen molar-refractivity contribution >= 4 is 5.96 Å². The Morgan fingerprint density at radius 3 is 2.40 bits per heavy atom. The maximum Gasteiger partial charge on any atom is 0.191 e. The van der Waals surface area contributed by atoms with Gasteiger partial charge in [0.15, 0.2) is 5.96 Å². The molecule has 0 aliphatic carbocycles. The Morgan fingerprint density at radius 1 is 1.20 bits per heavy atom. The fourth-order valence-electron chi connectivity index (χ4n) is 3.11. The summed E-state index contributed by atoms with van der Waals surface area (Å²) in [6.07, 6.45) is 3.87. The first-order chi connectivity index (χ1) is 9.51. The van der Waals surface area contributed by atoms with Crippen LogP contribution in [0.25, 0.3) is 0 Å². The SMILES string of the molecule is CN=C(NCCCCN1CC(C)CC(C)C1)NC(C)C. The van der Waals surface area contributed by atoms with Gasteiger partial charge in [0.25, 0.3) is 0 Å². The van der Waals surface area contributed by atoms with Crippen LogP contribution >= 0.6 is 0 Å². The highest BCUT2D eigenvalue weighted by atomic mass is 15.2. The van der Waals surface area contributed by atoms with Gasteiger partial charge in [-0.05, 0) is 51.5 Å². The molecule has 0 aromatic carbocycles. The Kier molecular flexibility index (Phi) is 7.97. The third-order valence-electron chi connectivity index (χ3n) is 3.79. The highest BCUT2D eigenvalue weighted by Gasteiger charge is 2.20. The van der Waals surface area contributed by atoms with Crippen molar-refractivity contribution in [1.29, 1.82) is 0 Å². The van der Waals surface area contributed by atoms with E-state index >= 15 is 0 Å².